The van der Waals surface area contributed by atoms with Crippen molar-refractivity contribution in [3.8, 4) is 0 Å². The number of hydrogen-bond donors (Lipinski definition) is 0. The van der Waals surface area contributed by atoms with Crippen molar-refractivity contribution in [3.05, 3.63) is 0 Å². The zero-order valence-corrected chi connectivity index (χ0v) is 10.0. The Morgan fingerprint density at radius 2 is 1.67 bits per heavy atom. The maximum absolute atomic E-state index is 11.9. The molecule has 0 aromatic rings. The zero-order valence-electron chi connectivity index (χ0n) is 10.0. The summed E-state index contributed by atoms with van der Waals surface area (Å²) in [6.45, 7) is 7.14. The predicted molar refractivity (Wildman–Crippen MR) is 59.5 cm³/mol. The van der Waals surface area contributed by atoms with Crippen molar-refractivity contribution in [1.82, 2.24) is 4.90 Å². The van der Waals surface area contributed by atoms with Crippen molar-refractivity contribution < 1.29 is 9.59 Å². The van der Waals surface area contributed by atoms with Gasteiger partial charge >= 0.3 is 0 Å². The van der Waals surface area contributed by atoms with Crippen LogP contribution in [0, 0.1) is 5.41 Å². The summed E-state index contributed by atoms with van der Waals surface area (Å²) < 4.78 is 0. The Balaban J connectivity index is 2.63. The molecule has 0 spiro atoms. The van der Waals surface area contributed by atoms with E-state index in [-0.39, 0.29) is 11.7 Å². The second-order valence-corrected chi connectivity index (χ2v) is 4.92. The van der Waals surface area contributed by atoms with E-state index in [0.29, 0.717) is 6.42 Å². The third-order valence-electron chi connectivity index (χ3n) is 3.34. The molecule has 15 heavy (non-hydrogen) atoms. The molecule has 1 aliphatic rings. The first-order valence-corrected chi connectivity index (χ1v) is 5.82. The van der Waals surface area contributed by atoms with Crippen LogP contribution in [0.4, 0.5) is 0 Å². The third-order valence-corrected chi connectivity index (χ3v) is 3.34. The van der Waals surface area contributed by atoms with E-state index in [9.17, 15) is 9.59 Å². The number of hydrogen-bond acceptors (Lipinski definition) is 2. The van der Waals surface area contributed by atoms with Crippen molar-refractivity contribution in [2.24, 2.45) is 5.41 Å². The summed E-state index contributed by atoms with van der Waals surface area (Å²) in [6, 6.07) is 0. The van der Waals surface area contributed by atoms with Crippen molar-refractivity contribution >= 4 is 11.7 Å². The highest BCUT2D eigenvalue weighted by Crippen LogP contribution is 2.23. The minimum absolute atomic E-state index is 0.230. The molecule has 1 aliphatic heterocycles. The van der Waals surface area contributed by atoms with Gasteiger partial charge in [-0.1, -0.05) is 20.8 Å². The van der Waals surface area contributed by atoms with Crippen molar-refractivity contribution in [1.29, 1.82) is 0 Å². The number of amides is 1. The number of Topliss-reactive ketones (excluding diaryl/α,β-unsaturated/α-hetero) is 1. The van der Waals surface area contributed by atoms with Crippen LogP contribution in [0.25, 0.3) is 0 Å². The zero-order chi connectivity index (χ0) is 11.5. The molecule has 3 heteroatoms. The predicted octanol–water partition coefficient (Wildman–Crippen LogP) is 2.00. The Morgan fingerprint density at radius 3 is 2.13 bits per heavy atom. The van der Waals surface area contributed by atoms with Crippen LogP contribution in [0.15, 0.2) is 0 Å². The molecular weight excluding hydrogens is 190 g/mol. The smallest absolute Gasteiger partial charge is 0.290 e. The maximum atomic E-state index is 11.9. The molecule has 0 atom stereocenters. The monoisotopic (exact) mass is 211 g/mol. The van der Waals surface area contributed by atoms with E-state index in [1.807, 2.05) is 20.8 Å². The van der Waals surface area contributed by atoms with Gasteiger partial charge in [0.25, 0.3) is 5.91 Å². The standard InChI is InChI=1S/C12H21NO2/c1-4-12(2,3)10(14)11(15)13-8-6-5-7-9-13/h4-9H2,1-3H3. The molecule has 3 nitrogen and oxygen atoms in total. The van der Waals surface area contributed by atoms with Crippen molar-refractivity contribution in [2.45, 2.75) is 46.5 Å². The molecule has 1 amide bonds. The van der Waals surface area contributed by atoms with E-state index in [1.54, 1.807) is 4.90 Å². The van der Waals surface area contributed by atoms with Crippen LogP contribution in [0.2, 0.25) is 0 Å². The van der Waals surface area contributed by atoms with E-state index in [4.69, 9.17) is 0 Å². The van der Waals surface area contributed by atoms with Crippen LogP contribution >= 0.6 is 0 Å². The minimum atomic E-state index is -0.505. The van der Waals surface area contributed by atoms with Crippen LogP contribution in [0.3, 0.4) is 0 Å². The Kier molecular flexibility index (Phi) is 3.89. The number of nitrogens with zero attached hydrogens (tertiary/aromatic N) is 1. The number of piperidine rings is 1. The molecule has 86 valence electrons. The lowest BCUT2D eigenvalue weighted by molar-refractivity contribution is -0.149. The number of carbonyl (C=O) groups is 2. The summed E-state index contributed by atoms with van der Waals surface area (Å²) in [5, 5.41) is 0. The van der Waals surface area contributed by atoms with Gasteiger partial charge < -0.3 is 4.90 Å². The fraction of sp³-hybridized carbons (Fsp3) is 0.833. The normalized spacial score (nSPS) is 17.7. The van der Waals surface area contributed by atoms with Gasteiger partial charge in [0.15, 0.2) is 0 Å². The van der Waals surface area contributed by atoms with Gasteiger partial charge in [-0.2, -0.15) is 0 Å². The maximum Gasteiger partial charge on any atom is 0.290 e. The molecule has 1 heterocycles. The Bertz CT molecular complexity index is 252. The van der Waals surface area contributed by atoms with Crippen LogP contribution in [-0.2, 0) is 9.59 Å². The Morgan fingerprint density at radius 1 is 1.13 bits per heavy atom. The molecule has 0 N–H and O–H groups in total. The number of carbonyl (C=O) groups excluding carboxylic acids is 2. The third kappa shape index (κ3) is 2.80. The van der Waals surface area contributed by atoms with Crippen LogP contribution < -0.4 is 0 Å². The first kappa shape index (κ1) is 12.2. The highest BCUT2D eigenvalue weighted by Gasteiger charge is 2.34. The lowest BCUT2D eigenvalue weighted by Gasteiger charge is -2.29. The molecule has 0 aromatic carbocycles. The second-order valence-electron chi connectivity index (χ2n) is 4.92. The summed E-state index contributed by atoms with van der Waals surface area (Å²) in [5.41, 5.74) is -0.505. The fourth-order valence-electron chi connectivity index (χ4n) is 1.69. The molecule has 1 fully saturated rings. The molecule has 0 radical (unpaired) electrons. The quantitative estimate of drug-likeness (QED) is 0.670. The van der Waals surface area contributed by atoms with Crippen molar-refractivity contribution in [2.75, 3.05) is 13.1 Å². The molecule has 1 rings (SSSR count). The molecule has 0 saturated carbocycles. The van der Waals surface area contributed by atoms with E-state index in [0.717, 1.165) is 25.9 Å². The van der Waals surface area contributed by atoms with Crippen LogP contribution in [0.1, 0.15) is 46.5 Å². The van der Waals surface area contributed by atoms with Crippen LogP contribution in [0.5, 0.6) is 0 Å². The molecule has 0 bridgehead atoms. The van der Waals surface area contributed by atoms with Gasteiger partial charge in [-0.15, -0.1) is 0 Å². The SMILES string of the molecule is CCC(C)(C)C(=O)C(=O)N1CCCCC1. The molecule has 0 unspecified atom stereocenters. The average molecular weight is 211 g/mol. The Hall–Kier alpha value is -0.860. The molecule has 0 aliphatic carbocycles. The summed E-state index contributed by atoms with van der Waals surface area (Å²) in [5.74, 6) is -0.506. The molecular formula is C12H21NO2. The van der Waals surface area contributed by atoms with Gasteiger partial charge in [0.1, 0.15) is 0 Å². The number of likely N-dealkylation sites (tertiary alicyclic amines) is 1. The molecule has 0 aromatic heterocycles. The summed E-state index contributed by atoms with van der Waals surface area (Å²) in [7, 11) is 0. The first-order valence-electron chi connectivity index (χ1n) is 5.82. The summed E-state index contributed by atoms with van der Waals surface area (Å²) in [4.78, 5) is 25.5. The van der Waals surface area contributed by atoms with Gasteiger partial charge in [0.05, 0.1) is 0 Å². The number of rotatable bonds is 3. The minimum Gasteiger partial charge on any atom is -0.336 e. The Labute approximate surface area is 91.8 Å². The van der Waals surface area contributed by atoms with Gasteiger partial charge in [0.2, 0.25) is 5.78 Å². The van der Waals surface area contributed by atoms with Crippen molar-refractivity contribution in [3.63, 3.8) is 0 Å². The lowest BCUT2D eigenvalue weighted by Crippen LogP contribution is -2.44. The van der Waals surface area contributed by atoms with Gasteiger partial charge in [-0.25, -0.2) is 0 Å². The lowest BCUT2D eigenvalue weighted by atomic mass is 9.84. The van der Waals surface area contributed by atoms with Gasteiger partial charge in [0, 0.05) is 18.5 Å². The molecule has 1 saturated heterocycles. The topological polar surface area (TPSA) is 37.4 Å². The van der Waals surface area contributed by atoms with E-state index in [2.05, 4.69) is 0 Å². The highest BCUT2D eigenvalue weighted by atomic mass is 16.2. The van der Waals surface area contributed by atoms with E-state index < -0.39 is 5.41 Å². The van der Waals surface area contributed by atoms with Gasteiger partial charge in [-0.3, -0.25) is 9.59 Å². The summed E-state index contributed by atoms with van der Waals surface area (Å²) >= 11 is 0. The first-order chi connectivity index (χ1) is 6.99. The van der Waals surface area contributed by atoms with Gasteiger partial charge in [-0.05, 0) is 25.7 Å². The van der Waals surface area contributed by atoms with E-state index in [1.165, 1.54) is 6.42 Å². The highest BCUT2D eigenvalue weighted by molar-refractivity contribution is 6.37. The summed E-state index contributed by atoms with van der Waals surface area (Å²) in [6.07, 6.45) is 3.96. The fourth-order valence-corrected chi connectivity index (χ4v) is 1.69. The van der Waals surface area contributed by atoms with E-state index >= 15 is 0 Å². The average Bonchev–Trinajstić information content (AvgIpc) is 2.28. The van der Waals surface area contributed by atoms with Crippen LogP contribution in [-0.4, -0.2) is 29.7 Å². The number of ketones is 1. The second kappa shape index (κ2) is 4.77. The largest absolute Gasteiger partial charge is 0.336 e.